The molecule has 1 N–H and O–H groups in total. The first-order valence-electron chi connectivity index (χ1n) is 7.08. The number of aryl methyl sites for hydroxylation is 2. The highest BCUT2D eigenvalue weighted by Crippen LogP contribution is 2.18. The lowest BCUT2D eigenvalue weighted by Gasteiger charge is -2.09. The van der Waals surface area contributed by atoms with Crippen LogP contribution in [0.2, 0.25) is 0 Å². The monoisotopic (exact) mass is 311 g/mol. The third kappa shape index (κ3) is 3.09. The zero-order valence-corrected chi connectivity index (χ0v) is 13.4. The van der Waals surface area contributed by atoms with Crippen molar-refractivity contribution in [2.75, 3.05) is 5.32 Å². The maximum absolute atomic E-state index is 5.57. The Kier molecular flexibility index (Phi) is 4.06. The maximum atomic E-state index is 5.57. The van der Waals surface area contributed by atoms with Crippen LogP contribution in [-0.4, -0.2) is 9.78 Å². The topological polar surface area (TPSA) is 43.0 Å². The lowest BCUT2D eigenvalue weighted by atomic mass is 10.1. The van der Waals surface area contributed by atoms with Gasteiger partial charge in [0.15, 0.2) is 0 Å². The predicted molar refractivity (Wildman–Crippen MR) is 90.3 cm³/mol. The van der Waals surface area contributed by atoms with Gasteiger partial charge in [0.2, 0.25) is 5.89 Å². The Morgan fingerprint density at radius 3 is 2.64 bits per heavy atom. The summed E-state index contributed by atoms with van der Waals surface area (Å²) in [5, 5.41) is 7.76. The zero-order chi connectivity index (χ0) is 15.5. The molecule has 0 saturated heterocycles. The van der Waals surface area contributed by atoms with Crippen molar-refractivity contribution >= 4 is 17.9 Å². The highest BCUT2D eigenvalue weighted by atomic mass is 32.1. The predicted octanol–water partition coefficient (Wildman–Crippen LogP) is 4.56. The summed E-state index contributed by atoms with van der Waals surface area (Å²) in [6.07, 6.45) is 0. The molecule has 3 aromatic rings. The molecule has 0 amide bonds. The van der Waals surface area contributed by atoms with E-state index in [1.54, 1.807) is 4.68 Å². The van der Waals surface area contributed by atoms with Crippen LogP contribution in [0.1, 0.15) is 11.1 Å². The Labute approximate surface area is 134 Å². The lowest BCUT2D eigenvalue weighted by molar-refractivity contribution is 0.522. The van der Waals surface area contributed by atoms with Crippen molar-refractivity contribution in [2.45, 2.75) is 20.5 Å². The minimum Gasteiger partial charge on any atom is -0.409 e. The van der Waals surface area contributed by atoms with Crippen LogP contribution >= 0.6 is 12.2 Å². The van der Waals surface area contributed by atoms with Gasteiger partial charge in [-0.25, -0.2) is 4.68 Å². The number of nitrogens with zero attached hydrogens (tertiary/aromatic N) is 2. The number of rotatable bonds is 4. The number of aromatic nitrogens is 2. The van der Waals surface area contributed by atoms with Gasteiger partial charge in [0.1, 0.15) is 6.67 Å². The second kappa shape index (κ2) is 6.15. The summed E-state index contributed by atoms with van der Waals surface area (Å²) in [7, 11) is 0. The van der Waals surface area contributed by atoms with Crippen LogP contribution < -0.4 is 5.32 Å². The Morgan fingerprint density at radius 2 is 1.91 bits per heavy atom. The number of nitrogens with one attached hydrogen (secondary N) is 1. The highest BCUT2D eigenvalue weighted by molar-refractivity contribution is 7.71. The van der Waals surface area contributed by atoms with Crippen LogP contribution in [-0.2, 0) is 6.67 Å². The van der Waals surface area contributed by atoms with E-state index in [1.165, 1.54) is 11.1 Å². The van der Waals surface area contributed by atoms with E-state index in [4.69, 9.17) is 16.6 Å². The number of anilines is 1. The molecule has 4 nitrogen and oxygen atoms in total. The molecule has 2 aromatic carbocycles. The van der Waals surface area contributed by atoms with Crippen molar-refractivity contribution in [3.05, 3.63) is 64.5 Å². The van der Waals surface area contributed by atoms with Gasteiger partial charge in [-0.3, -0.25) is 0 Å². The second-order valence-corrected chi connectivity index (χ2v) is 5.54. The Morgan fingerprint density at radius 1 is 1.14 bits per heavy atom. The first-order valence-corrected chi connectivity index (χ1v) is 7.49. The number of hydrogen-bond donors (Lipinski definition) is 1. The molecule has 0 aliphatic rings. The molecule has 0 radical (unpaired) electrons. The van der Waals surface area contributed by atoms with E-state index >= 15 is 0 Å². The molecule has 0 fully saturated rings. The second-order valence-electron chi connectivity index (χ2n) is 5.19. The third-order valence-electron chi connectivity index (χ3n) is 3.43. The van der Waals surface area contributed by atoms with Gasteiger partial charge in [0.05, 0.1) is 0 Å². The summed E-state index contributed by atoms with van der Waals surface area (Å²) in [5.41, 5.74) is 4.42. The van der Waals surface area contributed by atoms with E-state index < -0.39 is 0 Å². The summed E-state index contributed by atoms with van der Waals surface area (Å²) in [4.78, 5) is 0.358. The summed E-state index contributed by atoms with van der Waals surface area (Å²) in [6.45, 7) is 4.63. The van der Waals surface area contributed by atoms with Crippen molar-refractivity contribution in [3.63, 3.8) is 0 Å². The molecule has 0 aliphatic heterocycles. The summed E-state index contributed by atoms with van der Waals surface area (Å²) >= 11 is 5.24. The summed E-state index contributed by atoms with van der Waals surface area (Å²) in [5.74, 6) is 0.535. The standard InChI is InChI=1S/C17H17N3OS/c1-12-8-9-15(13(2)10-12)18-11-20-17(22)21-16(19-20)14-6-4-3-5-7-14/h3-10,18H,11H2,1-2H3. The van der Waals surface area contributed by atoms with Crippen LogP contribution in [0.5, 0.6) is 0 Å². The van der Waals surface area contributed by atoms with E-state index in [2.05, 4.69) is 42.5 Å². The Bertz CT molecular complexity index is 837. The van der Waals surface area contributed by atoms with Gasteiger partial charge in [0, 0.05) is 11.3 Å². The van der Waals surface area contributed by atoms with Crippen molar-refractivity contribution in [1.29, 1.82) is 0 Å². The minimum absolute atomic E-state index is 0.358. The number of benzene rings is 2. The van der Waals surface area contributed by atoms with Crippen molar-refractivity contribution < 1.29 is 4.42 Å². The molecule has 1 aromatic heterocycles. The molecule has 0 saturated carbocycles. The van der Waals surface area contributed by atoms with Crippen LogP contribution in [0.4, 0.5) is 5.69 Å². The van der Waals surface area contributed by atoms with Gasteiger partial charge in [-0.1, -0.05) is 35.9 Å². The van der Waals surface area contributed by atoms with Gasteiger partial charge in [-0.05, 0) is 49.8 Å². The van der Waals surface area contributed by atoms with Crippen LogP contribution in [0.3, 0.4) is 0 Å². The van der Waals surface area contributed by atoms with Crippen LogP contribution in [0.25, 0.3) is 11.5 Å². The molecule has 0 atom stereocenters. The Hall–Kier alpha value is -2.40. The zero-order valence-electron chi connectivity index (χ0n) is 12.5. The highest BCUT2D eigenvalue weighted by Gasteiger charge is 2.07. The summed E-state index contributed by atoms with van der Waals surface area (Å²) < 4.78 is 7.21. The van der Waals surface area contributed by atoms with Crippen LogP contribution in [0.15, 0.2) is 52.9 Å². The molecule has 22 heavy (non-hydrogen) atoms. The quantitative estimate of drug-likeness (QED) is 0.717. The fourth-order valence-corrected chi connectivity index (χ4v) is 2.46. The molecule has 0 unspecified atom stereocenters. The van der Waals surface area contributed by atoms with Gasteiger partial charge in [-0.15, -0.1) is 5.10 Å². The Balaban J connectivity index is 1.79. The maximum Gasteiger partial charge on any atom is 0.289 e. The first kappa shape index (κ1) is 14.5. The van der Waals surface area contributed by atoms with E-state index in [-0.39, 0.29) is 0 Å². The molecule has 1 heterocycles. The molecular weight excluding hydrogens is 294 g/mol. The van der Waals surface area contributed by atoms with Gasteiger partial charge < -0.3 is 9.73 Å². The van der Waals surface area contributed by atoms with Crippen molar-refractivity contribution in [1.82, 2.24) is 9.78 Å². The SMILES string of the molecule is Cc1ccc(NCn2nc(-c3ccccc3)oc2=S)c(C)c1. The molecule has 112 valence electrons. The average Bonchev–Trinajstić information content (AvgIpc) is 2.88. The number of hydrogen-bond acceptors (Lipinski definition) is 4. The summed E-state index contributed by atoms with van der Waals surface area (Å²) in [6, 6.07) is 16.0. The van der Waals surface area contributed by atoms with Crippen LogP contribution in [0, 0.1) is 18.7 Å². The molecule has 0 aliphatic carbocycles. The molecule has 0 bridgehead atoms. The average molecular weight is 311 g/mol. The molecular formula is C17H17N3OS. The van der Waals surface area contributed by atoms with Gasteiger partial charge >= 0.3 is 0 Å². The first-order chi connectivity index (χ1) is 10.6. The fraction of sp³-hybridized carbons (Fsp3) is 0.176. The normalized spacial score (nSPS) is 10.6. The van der Waals surface area contributed by atoms with E-state index in [0.29, 0.717) is 17.4 Å². The van der Waals surface area contributed by atoms with E-state index in [1.807, 2.05) is 30.3 Å². The third-order valence-corrected chi connectivity index (χ3v) is 3.72. The smallest absolute Gasteiger partial charge is 0.289 e. The van der Waals surface area contributed by atoms with Gasteiger partial charge in [0.25, 0.3) is 4.84 Å². The fourth-order valence-electron chi connectivity index (χ4n) is 2.28. The largest absolute Gasteiger partial charge is 0.409 e. The van der Waals surface area contributed by atoms with E-state index in [0.717, 1.165) is 11.3 Å². The minimum atomic E-state index is 0.358. The van der Waals surface area contributed by atoms with E-state index in [9.17, 15) is 0 Å². The van der Waals surface area contributed by atoms with Crippen molar-refractivity contribution in [3.8, 4) is 11.5 Å². The molecule has 0 spiro atoms. The van der Waals surface area contributed by atoms with Gasteiger partial charge in [-0.2, -0.15) is 0 Å². The van der Waals surface area contributed by atoms with Crippen molar-refractivity contribution in [2.24, 2.45) is 0 Å². The lowest BCUT2D eigenvalue weighted by Crippen LogP contribution is -2.10. The molecule has 5 heteroatoms. The molecule has 3 rings (SSSR count).